The first kappa shape index (κ1) is 12.0. The van der Waals surface area contributed by atoms with E-state index in [1.54, 1.807) is 12.4 Å². The molecule has 2 N–H and O–H groups in total. The van der Waals surface area contributed by atoms with Crippen molar-refractivity contribution >= 4 is 5.91 Å². The minimum absolute atomic E-state index is 0.0985. The van der Waals surface area contributed by atoms with Gasteiger partial charge >= 0.3 is 0 Å². The highest BCUT2D eigenvalue weighted by Gasteiger charge is 2.19. The first-order valence-corrected chi connectivity index (χ1v) is 6.15. The number of nitrogens with one attached hydrogen (secondary N) is 2. The number of hydrogen-bond acceptors (Lipinski definition) is 3. The monoisotopic (exact) mass is 233 g/mol. The Hall–Kier alpha value is -1.42. The molecule has 0 unspecified atom stereocenters. The first-order valence-electron chi connectivity index (χ1n) is 6.15. The number of aromatic nitrogens is 1. The maximum Gasteiger partial charge on any atom is 0.221 e. The van der Waals surface area contributed by atoms with Crippen LogP contribution in [0.5, 0.6) is 0 Å². The predicted molar refractivity (Wildman–Crippen MR) is 66.5 cm³/mol. The second kappa shape index (κ2) is 5.77. The van der Waals surface area contributed by atoms with Gasteiger partial charge in [-0.1, -0.05) is 0 Å². The fourth-order valence-corrected chi connectivity index (χ4v) is 1.64. The summed E-state index contributed by atoms with van der Waals surface area (Å²) >= 11 is 0. The van der Waals surface area contributed by atoms with Crippen molar-refractivity contribution in [1.29, 1.82) is 0 Å². The van der Waals surface area contributed by atoms with Gasteiger partial charge in [-0.25, -0.2) is 0 Å². The van der Waals surface area contributed by atoms with Crippen LogP contribution < -0.4 is 10.6 Å². The molecular formula is C13H19N3O. The summed E-state index contributed by atoms with van der Waals surface area (Å²) in [6, 6.07) is 2.62. The molecule has 1 aromatic heterocycles. The van der Waals surface area contributed by atoms with Gasteiger partial charge in [-0.3, -0.25) is 9.78 Å². The Kier molecular flexibility index (Phi) is 4.09. The van der Waals surface area contributed by atoms with Gasteiger partial charge in [0.2, 0.25) is 5.91 Å². The third-order valence-electron chi connectivity index (χ3n) is 2.99. The van der Waals surface area contributed by atoms with Crippen molar-refractivity contribution in [2.75, 3.05) is 6.54 Å². The maximum atomic E-state index is 11.6. The summed E-state index contributed by atoms with van der Waals surface area (Å²) in [5.74, 6) is 0.0985. The van der Waals surface area contributed by atoms with E-state index in [2.05, 4.69) is 15.6 Å². The average molecular weight is 233 g/mol. The number of rotatable bonds is 6. The quantitative estimate of drug-likeness (QED) is 0.775. The van der Waals surface area contributed by atoms with Crippen molar-refractivity contribution < 1.29 is 4.79 Å². The molecule has 2 rings (SSSR count). The van der Waals surface area contributed by atoms with Crippen molar-refractivity contribution in [2.24, 2.45) is 0 Å². The zero-order valence-electron chi connectivity index (χ0n) is 10.2. The molecule has 0 aliphatic heterocycles. The van der Waals surface area contributed by atoms with Gasteiger partial charge in [0.05, 0.1) is 0 Å². The van der Waals surface area contributed by atoms with E-state index in [-0.39, 0.29) is 5.91 Å². The van der Waals surface area contributed by atoms with E-state index in [1.165, 1.54) is 12.8 Å². The van der Waals surface area contributed by atoms with Gasteiger partial charge < -0.3 is 10.6 Å². The maximum absolute atomic E-state index is 11.6. The molecule has 0 bridgehead atoms. The average Bonchev–Trinajstić information content (AvgIpc) is 3.12. The highest BCUT2D eigenvalue weighted by molar-refractivity contribution is 5.76. The van der Waals surface area contributed by atoms with Crippen LogP contribution in [-0.4, -0.2) is 23.5 Å². The SMILES string of the molecule is Cc1ccncc1CNC(=O)CCNC1CC1. The molecule has 1 aliphatic rings. The van der Waals surface area contributed by atoms with E-state index in [0.29, 0.717) is 19.0 Å². The van der Waals surface area contributed by atoms with E-state index in [4.69, 9.17) is 0 Å². The zero-order valence-corrected chi connectivity index (χ0v) is 10.2. The van der Waals surface area contributed by atoms with Crippen LogP contribution in [0.4, 0.5) is 0 Å². The number of pyridine rings is 1. The highest BCUT2D eigenvalue weighted by Crippen LogP contribution is 2.18. The van der Waals surface area contributed by atoms with Crippen molar-refractivity contribution in [3.05, 3.63) is 29.6 Å². The van der Waals surface area contributed by atoms with Gasteiger partial charge in [0.15, 0.2) is 0 Å². The Morgan fingerprint density at radius 2 is 2.35 bits per heavy atom. The fraction of sp³-hybridized carbons (Fsp3) is 0.538. The van der Waals surface area contributed by atoms with Crippen molar-refractivity contribution in [3.8, 4) is 0 Å². The van der Waals surface area contributed by atoms with Gasteiger partial charge in [0.25, 0.3) is 0 Å². The molecule has 1 aromatic rings. The number of aryl methyl sites for hydroxylation is 1. The lowest BCUT2D eigenvalue weighted by molar-refractivity contribution is -0.121. The third kappa shape index (κ3) is 4.15. The van der Waals surface area contributed by atoms with Crippen LogP contribution in [0.25, 0.3) is 0 Å². The second-order valence-electron chi connectivity index (χ2n) is 4.56. The summed E-state index contributed by atoms with van der Waals surface area (Å²) < 4.78 is 0. The smallest absolute Gasteiger partial charge is 0.221 e. The molecule has 0 spiro atoms. The van der Waals surface area contributed by atoms with E-state index in [9.17, 15) is 4.79 Å². The fourth-order valence-electron chi connectivity index (χ4n) is 1.64. The molecule has 4 heteroatoms. The number of carbonyl (C=O) groups excluding carboxylic acids is 1. The van der Waals surface area contributed by atoms with Crippen LogP contribution in [0.3, 0.4) is 0 Å². The van der Waals surface area contributed by atoms with E-state index in [1.807, 2.05) is 13.0 Å². The molecule has 17 heavy (non-hydrogen) atoms. The van der Waals surface area contributed by atoms with Crippen LogP contribution in [-0.2, 0) is 11.3 Å². The molecular weight excluding hydrogens is 214 g/mol. The van der Waals surface area contributed by atoms with Crippen molar-refractivity contribution in [3.63, 3.8) is 0 Å². The van der Waals surface area contributed by atoms with E-state index >= 15 is 0 Å². The topological polar surface area (TPSA) is 54.0 Å². The Labute approximate surface area is 102 Å². The molecule has 1 aliphatic carbocycles. The number of nitrogens with zero attached hydrogens (tertiary/aromatic N) is 1. The molecule has 92 valence electrons. The summed E-state index contributed by atoms with van der Waals surface area (Å²) in [6.07, 6.45) is 6.64. The molecule has 1 saturated carbocycles. The molecule has 0 aromatic carbocycles. The normalized spacial score (nSPS) is 14.6. The van der Waals surface area contributed by atoms with Gasteiger partial charge in [-0.05, 0) is 37.0 Å². The summed E-state index contributed by atoms with van der Waals surface area (Å²) in [5, 5.41) is 6.24. The molecule has 1 fully saturated rings. The van der Waals surface area contributed by atoms with Gasteiger partial charge in [-0.2, -0.15) is 0 Å². The Morgan fingerprint density at radius 1 is 1.53 bits per heavy atom. The minimum Gasteiger partial charge on any atom is -0.352 e. The van der Waals surface area contributed by atoms with Crippen LogP contribution in [0.15, 0.2) is 18.5 Å². The lowest BCUT2D eigenvalue weighted by Gasteiger charge is -2.07. The Bertz CT molecular complexity index is 388. The van der Waals surface area contributed by atoms with Gasteiger partial charge in [0, 0.05) is 37.9 Å². The van der Waals surface area contributed by atoms with Crippen LogP contribution in [0, 0.1) is 6.92 Å². The molecule has 1 amide bonds. The third-order valence-corrected chi connectivity index (χ3v) is 2.99. The standard InChI is InChI=1S/C13H19N3O/c1-10-4-6-14-8-11(10)9-16-13(17)5-7-15-12-2-3-12/h4,6,8,12,15H,2-3,5,7,9H2,1H3,(H,16,17). The molecule has 0 atom stereocenters. The summed E-state index contributed by atoms with van der Waals surface area (Å²) in [6.45, 7) is 3.38. The van der Waals surface area contributed by atoms with Gasteiger partial charge in [0.1, 0.15) is 0 Å². The summed E-state index contributed by atoms with van der Waals surface area (Å²) in [7, 11) is 0. The molecule has 4 nitrogen and oxygen atoms in total. The lowest BCUT2D eigenvalue weighted by Crippen LogP contribution is -2.28. The van der Waals surface area contributed by atoms with Crippen LogP contribution >= 0.6 is 0 Å². The highest BCUT2D eigenvalue weighted by atomic mass is 16.1. The van der Waals surface area contributed by atoms with Crippen molar-refractivity contribution in [1.82, 2.24) is 15.6 Å². The van der Waals surface area contributed by atoms with E-state index < -0.39 is 0 Å². The van der Waals surface area contributed by atoms with Crippen LogP contribution in [0.1, 0.15) is 30.4 Å². The minimum atomic E-state index is 0.0985. The van der Waals surface area contributed by atoms with E-state index in [0.717, 1.165) is 17.7 Å². The summed E-state index contributed by atoms with van der Waals surface area (Å²) in [4.78, 5) is 15.6. The lowest BCUT2D eigenvalue weighted by atomic mass is 10.1. The van der Waals surface area contributed by atoms with Gasteiger partial charge in [-0.15, -0.1) is 0 Å². The number of hydrogen-bond donors (Lipinski definition) is 2. The Balaban J connectivity index is 1.66. The zero-order chi connectivity index (χ0) is 12.1. The van der Waals surface area contributed by atoms with Crippen molar-refractivity contribution in [2.45, 2.75) is 38.8 Å². The largest absolute Gasteiger partial charge is 0.352 e. The first-order chi connectivity index (χ1) is 8.25. The predicted octanol–water partition coefficient (Wildman–Crippen LogP) is 1.15. The van der Waals surface area contributed by atoms with Crippen LogP contribution in [0.2, 0.25) is 0 Å². The molecule has 0 radical (unpaired) electrons. The summed E-state index contributed by atoms with van der Waals surface area (Å²) in [5.41, 5.74) is 2.24. The molecule has 1 heterocycles. The number of amides is 1. The second-order valence-corrected chi connectivity index (χ2v) is 4.56. The number of carbonyl (C=O) groups is 1. The molecule has 0 saturated heterocycles. The Morgan fingerprint density at radius 3 is 3.06 bits per heavy atom.